The Kier molecular flexibility index (Phi) is 4.76. The molecule has 0 atom stereocenters. The first-order valence-corrected chi connectivity index (χ1v) is 5.76. The van der Waals surface area contributed by atoms with Crippen molar-refractivity contribution in [2.75, 3.05) is 18.1 Å². The molecule has 0 aromatic heterocycles. The Labute approximate surface area is 84.5 Å². The first-order valence-electron chi connectivity index (χ1n) is 4.60. The van der Waals surface area contributed by atoms with E-state index in [2.05, 4.69) is 19.9 Å². The molecule has 13 heavy (non-hydrogen) atoms. The van der Waals surface area contributed by atoms with Crippen LogP contribution in [0.1, 0.15) is 12.5 Å². The molecule has 0 saturated heterocycles. The second kappa shape index (κ2) is 5.92. The van der Waals surface area contributed by atoms with Crippen molar-refractivity contribution in [1.29, 1.82) is 0 Å². The van der Waals surface area contributed by atoms with Gasteiger partial charge in [0, 0.05) is 5.75 Å². The number of rotatable bonds is 5. The van der Waals surface area contributed by atoms with Crippen molar-refractivity contribution >= 4 is 11.8 Å². The summed E-state index contributed by atoms with van der Waals surface area (Å²) in [5.41, 5.74) is 1.21. The largest absolute Gasteiger partial charge is 0.492 e. The van der Waals surface area contributed by atoms with Crippen molar-refractivity contribution in [1.82, 2.24) is 0 Å². The molecule has 1 aromatic rings. The number of thioether (sulfide) groups is 1. The van der Waals surface area contributed by atoms with Crippen LogP contribution in [0.15, 0.2) is 24.3 Å². The van der Waals surface area contributed by atoms with Gasteiger partial charge in [-0.05, 0) is 24.3 Å². The Morgan fingerprint density at radius 2 is 2.08 bits per heavy atom. The lowest BCUT2D eigenvalue weighted by molar-refractivity contribution is 0.341. The maximum atomic E-state index is 5.62. The van der Waals surface area contributed by atoms with Crippen LogP contribution in [0.5, 0.6) is 5.75 Å². The number of aryl methyl sites for hydroxylation is 1. The third-order valence-corrected chi connectivity index (χ3v) is 2.65. The average molecular weight is 196 g/mol. The van der Waals surface area contributed by atoms with Crippen LogP contribution in [-0.4, -0.2) is 18.1 Å². The minimum absolute atomic E-state index is 0.809. The summed E-state index contributed by atoms with van der Waals surface area (Å²) in [6.45, 7) is 5.05. The summed E-state index contributed by atoms with van der Waals surface area (Å²) in [7, 11) is 0. The zero-order chi connectivity index (χ0) is 9.52. The lowest BCUT2D eigenvalue weighted by atomic mass is 10.2. The van der Waals surface area contributed by atoms with Crippen molar-refractivity contribution in [3.8, 4) is 5.75 Å². The molecule has 1 nitrogen and oxygen atoms in total. The molecule has 1 rings (SSSR count). The lowest BCUT2D eigenvalue weighted by Gasteiger charge is -2.07. The van der Waals surface area contributed by atoms with Gasteiger partial charge in [0.25, 0.3) is 0 Å². The molecule has 0 aliphatic rings. The van der Waals surface area contributed by atoms with E-state index in [0.29, 0.717) is 0 Å². The van der Waals surface area contributed by atoms with Crippen LogP contribution in [0.3, 0.4) is 0 Å². The maximum Gasteiger partial charge on any atom is 0.122 e. The van der Waals surface area contributed by atoms with E-state index in [4.69, 9.17) is 4.74 Å². The fourth-order valence-corrected chi connectivity index (χ4v) is 1.56. The summed E-state index contributed by atoms with van der Waals surface area (Å²) in [5.74, 6) is 3.25. The SMILES string of the molecule is CCSCCOc1ccccc1C. The Bertz CT molecular complexity index is 248. The van der Waals surface area contributed by atoms with E-state index in [0.717, 1.165) is 23.9 Å². The standard InChI is InChI=1S/C11H16OS/c1-3-13-9-8-12-11-7-5-4-6-10(11)2/h4-7H,3,8-9H2,1-2H3. The monoisotopic (exact) mass is 196 g/mol. The first-order chi connectivity index (χ1) is 6.34. The van der Waals surface area contributed by atoms with Gasteiger partial charge in [-0.15, -0.1) is 0 Å². The van der Waals surface area contributed by atoms with Gasteiger partial charge >= 0.3 is 0 Å². The van der Waals surface area contributed by atoms with Crippen molar-refractivity contribution in [3.63, 3.8) is 0 Å². The molecule has 0 spiro atoms. The van der Waals surface area contributed by atoms with Crippen molar-refractivity contribution in [3.05, 3.63) is 29.8 Å². The number of hydrogen-bond acceptors (Lipinski definition) is 2. The van der Waals surface area contributed by atoms with E-state index < -0.39 is 0 Å². The zero-order valence-electron chi connectivity index (χ0n) is 8.25. The average Bonchev–Trinajstić information content (AvgIpc) is 2.15. The van der Waals surface area contributed by atoms with E-state index in [-0.39, 0.29) is 0 Å². The summed E-state index contributed by atoms with van der Waals surface area (Å²) in [6, 6.07) is 8.13. The molecule has 72 valence electrons. The normalized spacial score (nSPS) is 10.0. The fraction of sp³-hybridized carbons (Fsp3) is 0.455. The van der Waals surface area contributed by atoms with Crippen LogP contribution in [-0.2, 0) is 0 Å². The van der Waals surface area contributed by atoms with Gasteiger partial charge in [0.15, 0.2) is 0 Å². The lowest BCUT2D eigenvalue weighted by Crippen LogP contribution is -2.01. The number of benzene rings is 1. The zero-order valence-corrected chi connectivity index (χ0v) is 9.06. The van der Waals surface area contributed by atoms with Gasteiger partial charge in [0.05, 0.1) is 6.61 Å². The van der Waals surface area contributed by atoms with Crippen LogP contribution in [0.4, 0.5) is 0 Å². The molecule has 0 amide bonds. The highest BCUT2D eigenvalue weighted by atomic mass is 32.2. The van der Waals surface area contributed by atoms with E-state index in [9.17, 15) is 0 Å². The van der Waals surface area contributed by atoms with Gasteiger partial charge in [-0.25, -0.2) is 0 Å². The van der Waals surface area contributed by atoms with Crippen LogP contribution in [0.2, 0.25) is 0 Å². The Morgan fingerprint density at radius 1 is 1.31 bits per heavy atom. The second-order valence-electron chi connectivity index (χ2n) is 2.81. The number of hydrogen-bond donors (Lipinski definition) is 0. The van der Waals surface area contributed by atoms with Crippen LogP contribution < -0.4 is 4.74 Å². The van der Waals surface area contributed by atoms with E-state index in [1.54, 1.807) is 0 Å². The molecule has 0 aliphatic heterocycles. The third-order valence-electron chi connectivity index (χ3n) is 1.78. The van der Waals surface area contributed by atoms with Gasteiger partial charge in [-0.2, -0.15) is 11.8 Å². The highest BCUT2D eigenvalue weighted by molar-refractivity contribution is 7.99. The molecular formula is C11H16OS. The molecule has 0 unspecified atom stereocenters. The van der Waals surface area contributed by atoms with E-state index in [1.165, 1.54) is 5.56 Å². The predicted molar refractivity (Wildman–Crippen MR) is 59.7 cm³/mol. The minimum atomic E-state index is 0.809. The first kappa shape index (κ1) is 10.5. The third kappa shape index (κ3) is 3.73. The Morgan fingerprint density at radius 3 is 2.77 bits per heavy atom. The predicted octanol–water partition coefficient (Wildman–Crippen LogP) is 3.13. The van der Waals surface area contributed by atoms with Crippen LogP contribution in [0.25, 0.3) is 0 Å². The Hall–Kier alpha value is -0.630. The van der Waals surface area contributed by atoms with Crippen molar-refractivity contribution in [2.45, 2.75) is 13.8 Å². The smallest absolute Gasteiger partial charge is 0.122 e. The molecule has 0 bridgehead atoms. The van der Waals surface area contributed by atoms with Gasteiger partial charge in [0.1, 0.15) is 5.75 Å². The highest BCUT2D eigenvalue weighted by Crippen LogP contribution is 2.16. The molecule has 1 aromatic carbocycles. The highest BCUT2D eigenvalue weighted by Gasteiger charge is 1.96. The van der Waals surface area contributed by atoms with Gasteiger partial charge in [-0.1, -0.05) is 25.1 Å². The fourth-order valence-electron chi connectivity index (χ4n) is 1.07. The van der Waals surface area contributed by atoms with Gasteiger partial charge < -0.3 is 4.74 Å². The minimum Gasteiger partial charge on any atom is -0.492 e. The topological polar surface area (TPSA) is 9.23 Å². The molecule has 0 aliphatic carbocycles. The summed E-state index contributed by atoms with van der Waals surface area (Å²) >= 11 is 1.91. The number of ether oxygens (including phenoxy) is 1. The van der Waals surface area contributed by atoms with E-state index >= 15 is 0 Å². The second-order valence-corrected chi connectivity index (χ2v) is 4.20. The molecule has 2 heteroatoms. The van der Waals surface area contributed by atoms with Gasteiger partial charge in [-0.3, -0.25) is 0 Å². The molecule has 0 saturated carbocycles. The Balaban J connectivity index is 2.32. The number of para-hydroxylation sites is 1. The van der Waals surface area contributed by atoms with Gasteiger partial charge in [0.2, 0.25) is 0 Å². The molecular weight excluding hydrogens is 180 g/mol. The summed E-state index contributed by atoms with van der Waals surface area (Å²) in [6.07, 6.45) is 0. The van der Waals surface area contributed by atoms with Crippen LogP contribution >= 0.6 is 11.8 Å². The summed E-state index contributed by atoms with van der Waals surface area (Å²) < 4.78 is 5.62. The summed E-state index contributed by atoms with van der Waals surface area (Å²) in [5, 5.41) is 0. The summed E-state index contributed by atoms with van der Waals surface area (Å²) in [4.78, 5) is 0. The maximum absolute atomic E-state index is 5.62. The molecule has 0 radical (unpaired) electrons. The van der Waals surface area contributed by atoms with E-state index in [1.807, 2.05) is 30.0 Å². The molecule has 0 heterocycles. The molecule has 0 N–H and O–H groups in total. The van der Waals surface area contributed by atoms with Crippen LogP contribution in [0, 0.1) is 6.92 Å². The van der Waals surface area contributed by atoms with Crippen molar-refractivity contribution in [2.24, 2.45) is 0 Å². The molecule has 0 fully saturated rings. The van der Waals surface area contributed by atoms with Crippen molar-refractivity contribution < 1.29 is 4.74 Å². The quantitative estimate of drug-likeness (QED) is 0.669.